The summed E-state index contributed by atoms with van der Waals surface area (Å²) in [6.45, 7) is 2.22. The summed E-state index contributed by atoms with van der Waals surface area (Å²) >= 11 is 0. The van der Waals surface area contributed by atoms with Gasteiger partial charge in [0.05, 0.1) is 0 Å². The van der Waals surface area contributed by atoms with Gasteiger partial charge in [-0.25, -0.2) is 0 Å². The Hall–Kier alpha value is -2.48. The Morgan fingerprint density at radius 1 is 1.50 bits per heavy atom. The second kappa shape index (κ2) is 5.25. The largest absolute Gasteiger partial charge is 0.484 e. The maximum absolute atomic E-state index is 9.03. The summed E-state index contributed by atoms with van der Waals surface area (Å²) in [5.41, 5.74) is 1.42. The topological polar surface area (TPSA) is 71.1 Å². The highest BCUT2D eigenvalue weighted by Crippen LogP contribution is 2.27. The number of benzene rings is 1. The normalized spacial score (nSPS) is 13.8. The van der Waals surface area contributed by atoms with Crippen molar-refractivity contribution in [3.05, 3.63) is 41.4 Å². The van der Waals surface area contributed by atoms with E-state index in [0.29, 0.717) is 23.5 Å². The maximum atomic E-state index is 9.03. The first-order chi connectivity index (χ1) is 9.74. The Morgan fingerprint density at radius 2 is 2.35 bits per heavy atom. The third-order valence-electron chi connectivity index (χ3n) is 3.04. The van der Waals surface area contributed by atoms with Crippen molar-refractivity contribution in [3.8, 4) is 11.8 Å². The number of oxazole rings is 1. The third-order valence-corrected chi connectivity index (χ3v) is 3.04. The van der Waals surface area contributed by atoms with Crippen LogP contribution >= 0.6 is 0 Å². The van der Waals surface area contributed by atoms with Crippen molar-refractivity contribution in [2.75, 3.05) is 5.32 Å². The number of aryl methyl sites for hydroxylation is 1. The molecule has 5 nitrogen and oxygen atoms in total. The van der Waals surface area contributed by atoms with Gasteiger partial charge in [0.2, 0.25) is 17.5 Å². The first-order valence-electron chi connectivity index (χ1n) is 6.60. The molecule has 0 aliphatic heterocycles. The Kier molecular flexibility index (Phi) is 3.30. The molecule has 0 saturated heterocycles. The summed E-state index contributed by atoms with van der Waals surface area (Å²) < 4.78 is 11.2. The number of nitriles is 1. The molecule has 1 saturated carbocycles. The average molecular weight is 269 g/mol. The number of nitrogens with zero attached hydrogens (tertiary/aromatic N) is 2. The van der Waals surface area contributed by atoms with E-state index in [9.17, 15) is 0 Å². The molecule has 0 amide bonds. The smallest absolute Gasteiger partial charge is 0.236 e. The molecule has 1 heterocycles. The van der Waals surface area contributed by atoms with E-state index in [4.69, 9.17) is 14.4 Å². The predicted octanol–water partition coefficient (Wildman–Crippen LogP) is 3.01. The van der Waals surface area contributed by atoms with E-state index in [2.05, 4.69) is 10.3 Å². The Bertz CT molecular complexity index is 653. The van der Waals surface area contributed by atoms with E-state index < -0.39 is 0 Å². The summed E-state index contributed by atoms with van der Waals surface area (Å²) in [7, 11) is 0. The minimum absolute atomic E-state index is 0.213. The zero-order valence-corrected chi connectivity index (χ0v) is 11.2. The molecule has 102 valence electrons. The molecule has 5 heteroatoms. The van der Waals surface area contributed by atoms with Crippen molar-refractivity contribution in [2.45, 2.75) is 32.4 Å². The lowest BCUT2D eigenvalue weighted by molar-refractivity contribution is 0.264. The van der Waals surface area contributed by atoms with Crippen LogP contribution in [-0.4, -0.2) is 11.0 Å². The highest BCUT2D eigenvalue weighted by molar-refractivity contribution is 5.46. The summed E-state index contributed by atoms with van der Waals surface area (Å²) in [5, 5.41) is 12.2. The standard InChI is InChI=1S/C15H15N3O2/c1-10-3-2-4-12(7-10)19-9-14-18-13(8-16)15(20-14)17-11-5-6-11/h2-4,7,11,17H,5-6,9H2,1H3. The van der Waals surface area contributed by atoms with Crippen molar-refractivity contribution >= 4 is 5.88 Å². The molecule has 0 atom stereocenters. The van der Waals surface area contributed by atoms with Gasteiger partial charge in [-0.2, -0.15) is 10.2 Å². The summed E-state index contributed by atoms with van der Waals surface area (Å²) in [5.74, 6) is 1.63. The number of nitrogens with one attached hydrogen (secondary N) is 1. The second-order valence-corrected chi connectivity index (χ2v) is 4.92. The summed E-state index contributed by atoms with van der Waals surface area (Å²) in [6, 6.07) is 10.2. The minimum atomic E-state index is 0.213. The van der Waals surface area contributed by atoms with Crippen LogP contribution < -0.4 is 10.1 Å². The molecule has 1 aromatic carbocycles. The quantitative estimate of drug-likeness (QED) is 0.903. The summed E-state index contributed by atoms with van der Waals surface area (Å²) in [4.78, 5) is 4.13. The number of ether oxygens (including phenoxy) is 1. The minimum Gasteiger partial charge on any atom is -0.484 e. The van der Waals surface area contributed by atoms with E-state index in [1.165, 1.54) is 0 Å². The lowest BCUT2D eigenvalue weighted by Gasteiger charge is -2.04. The van der Waals surface area contributed by atoms with Gasteiger partial charge in [-0.1, -0.05) is 12.1 Å². The number of anilines is 1. The van der Waals surface area contributed by atoms with Crippen molar-refractivity contribution in [3.63, 3.8) is 0 Å². The Morgan fingerprint density at radius 3 is 3.05 bits per heavy atom. The zero-order chi connectivity index (χ0) is 13.9. The van der Waals surface area contributed by atoms with Crippen LogP contribution in [0.2, 0.25) is 0 Å². The van der Waals surface area contributed by atoms with Crippen LogP contribution in [0.4, 0.5) is 5.88 Å². The van der Waals surface area contributed by atoms with E-state index >= 15 is 0 Å². The molecule has 2 aromatic rings. The fourth-order valence-corrected chi connectivity index (χ4v) is 1.86. The van der Waals surface area contributed by atoms with E-state index in [1.54, 1.807) is 0 Å². The molecule has 1 aliphatic rings. The molecular weight excluding hydrogens is 254 g/mol. The van der Waals surface area contributed by atoms with E-state index in [1.807, 2.05) is 37.3 Å². The van der Waals surface area contributed by atoms with Crippen LogP contribution in [0.1, 0.15) is 30.0 Å². The van der Waals surface area contributed by atoms with Gasteiger partial charge in [0.1, 0.15) is 11.8 Å². The molecule has 1 aliphatic carbocycles. The SMILES string of the molecule is Cc1cccc(OCc2nc(C#N)c(NC3CC3)o2)c1. The molecule has 0 bridgehead atoms. The van der Waals surface area contributed by atoms with Crippen molar-refractivity contribution in [1.82, 2.24) is 4.98 Å². The van der Waals surface area contributed by atoms with Crippen molar-refractivity contribution < 1.29 is 9.15 Å². The Labute approximate surface area is 117 Å². The number of hydrogen-bond donors (Lipinski definition) is 1. The van der Waals surface area contributed by atoms with Gasteiger partial charge in [-0.3, -0.25) is 0 Å². The van der Waals surface area contributed by atoms with Gasteiger partial charge >= 0.3 is 0 Å². The third kappa shape index (κ3) is 2.91. The molecule has 20 heavy (non-hydrogen) atoms. The fraction of sp³-hybridized carbons (Fsp3) is 0.333. The monoisotopic (exact) mass is 269 g/mol. The highest BCUT2D eigenvalue weighted by atomic mass is 16.5. The van der Waals surface area contributed by atoms with E-state index in [-0.39, 0.29) is 6.61 Å². The molecule has 1 aromatic heterocycles. The van der Waals surface area contributed by atoms with Gasteiger partial charge in [0.15, 0.2) is 6.61 Å². The lowest BCUT2D eigenvalue weighted by atomic mass is 10.2. The fourth-order valence-electron chi connectivity index (χ4n) is 1.86. The van der Waals surface area contributed by atoms with Crippen LogP contribution in [0.5, 0.6) is 5.75 Å². The molecule has 1 fully saturated rings. The van der Waals surface area contributed by atoms with Crippen molar-refractivity contribution in [1.29, 1.82) is 5.26 Å². The lowest BCUT2D eigenvalue weighted by Crippen LogP contribution is -2.00. The predicted molar refractivity (Wildman–Crippen MR) is 73.4 cm³/mol. The molecule has 0 spiro atoms. The van der Waals surface area contributed by atoms with E-state index in [0.717, 1.165) is 24.2 Å². The van der Waals surface area contributed by atoms with Gasteiger partial charge in [0, 0.05) is 6.04 Å². The van der Waals surface area contributed by atoms with Crippen molar-refractivity contribution in [2.24, 2.45) is 0 Å². The number of aromatic nitrogens is 1. The molecule has 0 radical (unpaired) electrons. The first-order valence-corrected chi connectivity index (χ1v) is 6.60. The number of hydrogen-bond acceptors (Lipinski definition) is 5. The molecule has 1 N–H and O–H groups in total. The van der Waals surface area contributed by atoms with Gasteiger partial charge in [-0.05, 0) is 37.5 Å². The molecule has 0 unspecified atom stereocenters. The molecular formula is C15H15N3O2. The van der Waals surface area contributed by atoms with Gasteiger partial charge in [0.25, 0.3) is 0 Å². The summed E-state index contributed by atoms with van der Waals surface area (Å²) in [6.07, 6.45) is 2.22. The maximum Gasteiger partial charge on any atom is 0.236 e. The highest BCUT2D eigenvalue weighted by Gasteiger charge is 2.25. The number of rotatable bonds is 5. The molecule has 3 rings (SSSR count). The average Bonchev–Trinajstić information content (AvgIpc) is 3.16. The Balaban J connectivity index is 1.68. The van der Waals surface area contributed by atoms with Crippen LogP contribution in [0, 0.1) is 18.3 Å². The first kappa shape index (κ1) is 12.5. The van der Waals surface area contributed by atoms with Crippen LogP contribution in [-0.2, 0) is 6.61 Å². The van der Waals surface area contributed by atoms with Gasteiger partial charge in [-0.15, -0.1) is 0 Å². The van der Waals surface area contributed by atoms with Crippen LogP contribution in [0.25, 0.3) is 0 Å². The van der Waals surface area contributed by atoms with Crippen LogP contribution in [0.15, 0.2) is 28.7 Å². The van der Waals surface area contributed by atoms with Crippen LogP contribution in [0.3, 0.4) is 0 Å². The zero-order valence-electron chi connectivity index (χ0n) is 11.2. The van der Waals surface area contributed by atoms with Gasteiger partial charge < -0.3 is 14.5 Å². The second-order valence-electron chi connectivity index (χ2n) is 4.92.